The Hall–Kier alpha value is -2.96. The van der Waals surface area contributed by atoms with E-state index < -0.39 is 17.6 Å². The molecule has 10 heteroatoms. The number of rotatable bonds is 2. The van der Waals surface area contributed by atoms with Crippen molar-refractivity contribution in [2.45, 2.75) is 12.6 Å². The van der Waals surface area contributed by atoms with Crippen molar-refractivity contribution in [3.8, 4) is 6.07 Å². The zero-order valence-corrected chi connectivity index (χ0v) is 13.5. The Morgan fingerprint density at radius 3 is 2.38 bits per heavy atom. The van der Waals surface area contributed by atoms with Gasteiger partial charge in [-0.25, -0.2) is 9.37 Å². The number of aromatic nitrogens is 3. The summed E-state index contributed by atoms with van der Waals surface area (Å²) < 4.78 is 52.1. The number of halogens is 4. The summed E-state index contributed by atoms with van der Waals surface area (Å²) in [6, 6.07) is 5.59. The lowest BCUT2D eigenvalue weighted by Crippen LogP contribution is -2.32. The minimum atomic E-state index is -4.63. The Bertz CT molecular complexity index is 815. The number of nitrogens with zero attached hydrogens (tertiary/aromatic N) is 6. The maximum absolute atomic E-state index is 14.1. The van der Waals surface area contributed by atoms with Crippen LogP contribution in [0.5, 0.6) is 0 Å². The van der Waals surface area contributed by atoms with Gasteiger partial charge in [0.15, 0.2) is 23.1 Å². The highest BCUT2D eigenvalue weighted by Gasteiger charge is 2.32. The molecule has 0 aromatic carbocycles. The number of alkyl halides is 3. The van der Waals surface area contributed by atoms with Crippen molar-refractivity contribution >= 4 is 11.6 Å². The van der Waals surface area contributed by atoms with Crippen LogP contribution < -0.4 is 9.80 Å². The van der Waals surface area contributed by atoms with Gasteiger partial charge >= 0.3 is 6.18 Å². The Morgan fingerprint density at radius 2 is 1.77 bits per heavy atom. The van der Waals surface area contributed by atoms with E-state index >= 15 is 0 Å². The SMILES string of the molecule is N#Cc1ccc(N2CCCN(c3ncc(C(F)(F)F)cc3F)CC2)nn1. The lowest BCUT2D eigenvalue weighted by molar-refractivity contribution is -0.138. The van der Waals surface area contributed by atoms with E-state index in [4.69, 9.17) is 5.26 Å². The monoisotopic (exact) mass is 366 g/mol. The molecule has 0 N–H and O–H groups in total. The van der Waals surface area contributed by atoms with Gasteiger partial charge in [-0.15, -0.1) is 10.2 Å². The summed E-state index contributed by atoms with van der Waals surface area (Å²) in [6.07, 6.45) is -3.34. The first-order valence-electron chi connectivity index (χ1n) is 7.85. The predicted molar refractivity (Wildman–Crippen MR) is 85.0 cm³/mol. The Labute approximate surface area is 146 Å². The molecule has 0 atom stereocenters. The minimum absolute atomic E-state index is 0.0919. The summed E-state index contributed by atoms with van der Waals surface area (Å²) in [4.78, 5) is 7.22. The van der Waals surface area contributed by atoms with Gasteiger partial charge in [-0.1, -0.05) is 0 Å². The normalized spacial score (nSPS) is 15.5. The van der Waals surface area contributed by atoms with Gasteiger partial charge in [0.25, 0.3) is 0 Å². The Kier molecular flexibility index (Phi) is 4.88. The average Bonchev–Trinajstić information content (AvgIpc) is 2.87. The second-order valence-corrected chi connectivity index (χ2v) is 5.74. The van der Waals surface area contributed by atoms with Crippen molar-refractivity contribution in [3.63, 3.8) is 0 Å². The van der Waals surface area contributed by atoms with Crippen molar-refractivity contribution < 1.29 is 17.6 Å². The Morgan fingerprint density at radius 1 is 1.04 bits per heavy atom. The lowest BCUT2D eigenvalue weighted by Gasteiger charge is -2.23. The fourth-order valence-electron chi connectivity index (χ4n) is 2.73. The summed E-state index contributed by atoms with van der Waals surface area (Å²) >= 11 is 0. The number of hydrogen-bond donors (Lipinski definition) is 0. The van der Waals surface area contributed by atoms with Gasteiger partial charge in [0.2, 0.25) is 0 Å². The van der Waals surface area contributed by atoms with E-state index in [2.05, 4.69) is 15.2 Å². The van der Waals surface area contributed by atoms with E-state index in [1.54, 1.807) is 17.0 Å². The van der Waals surface area contributed by atoms with E-state index in [1.165, 1.54) is 0 Å². The van der Waals surface area contributed by atoms with Gasteiger partial charge in [0.05, 0.1) is 5.56 Å². The summed E-state index contributed by atoms with van der Waals surface area (Å²) in [5.74, 6) is -0.496. The van der Waals surface area contributed by atoms with Crippen LogP contribution >= 0.6 is 0 Å². The molecule has 1 aliphatic rings. The third kappa shape index (κ3) is 3.82. The molecule has 2 aromatic heterocycles. The van der Waals surface area contributed by atoms with Crippen LogP contribution in [-0.2, 0) is 6.18 Å². The molecular weight excluding hydrogens is 352 g/mol. The molecule has 1 saturated heterocycles. The molecule has 2 aromatic rings. The van der Waals surface area contributed by atoms with Gasteiger partial charge in [0, 0.05) is 32.4 Å². The molecule has 0 radical (unpaired) electrons. The van der Waals surface area contributed by atoms with E-state index in [1.807, 2.05) is 11.0 Å². The zero-order chi connectivity index (χ0) is 18.7. The summed E-state index contributed by atoms with van der Waals surface area (Å²) in [6.45, 7) is 1.93. The third-order valence-electron chi connectivity index (χ3n) is 4.03. The molecule has 0 bridgehead atoms. The predicted octanol–water partition coefficient (Wildman–Crippen LogP) is 2.62. The molecule has 6 nitrogen and oxygen atoms in total. The van der Waals surface area contributed by atoms with E-state index in [-0.39, 0.29) is 11.5 Å². The molecule has 0 aliphatic carbocycles. The smallest absolute Gasteiger partial charge is 0.353 e. The second kappa shape index (κ2) is 7.11. The van der Waals surface area contributed by atoms with Crippen LogP contribution in [-0.4, -0.2) is 41.4 Å². The summed E-state index contributed by atoms with van der Waals surface area (Å²) in [5, 5.41) is 16.5. The van der Waals surface area contributed by atoms with Gasteiger partial charge in [0.1, 0.15) is 6.07 Å². The quantitative estimate of drug-likeness (QED) is 0.761. The zero-order valence-electron chi connectivity index (χ0n) is 13.5. The van der Waals surface area contributed by atoms with Crippen LogP contribution in [0.15, 0.2) is 24.4 Å². The van der Waals surface area contributed by atoms with Crippen molar-refractivity contribution in [2.75, 3.05) is 36.0 Å². The topological polar surface area (TPSA) is 68.9 Å². The van der Waals surface area contributed by atoms with Crippen LogP contribution in [0, 0.1) is 17.1 Å². The lowest BCUT2D eigenvalue weighted by atomic mass is 10.2. The summed E-state index contributed by atoms with van der Waals surface area (Å²) in [5.41, 5.74) is -0.899. The number of nitriles is 1. The van der Waals surface area contributed by atoms with E-state index in [9.17, 15) is 17.6 Å². The second-order valence-electron chi connectivity index (χ2n) is 5.74. The standard InChI is InChI=1S/C16H14F4N6/c17-13-8-11(16(18,19)20)10-22-15(13)26-5-1-4-25(6-7-26)14-3-2-12(9-21)23-24-14/h2-3,8,10H,1,4-7H2. The van der Waals surface area contributed by atoms with Crippen molar-refractivity contribution in [2.24, 2.45) is 0 Å². The van der Waals surface area contributed by atoms with Crippen LogP contribution in [0.2, 0.25) is 0 Å². The number of pyridine rings is 1. The summed E-state index contributed by atoms with van der Waals surface area (Å²) in [7, 11) is 0. The van der Waals surface area contributed by atoms with Crippen LogP contribution in [0.25, 0.3) is 0 Å². The first-order valence-corrected chi connectivity index (χ1v) is 7.85. The Balaban J connectivity index is 1.73. The molecule has 26 heavy (non-hydrogen) atoms. The molecule has 1 aliphatic heterocycles. The fourth-order valence-corrected chi connectivity index (χ4v) is 2.73. The van der Waals surface area contributed by atoms with Gasteiger partial charge in [-0.3, -0.25) is 0 Å². The van der Waals surface area contributed by atoms with E-state index in [0.717, 1.165) is 0 Å². The van der Waals surface area contributed by atoms with Crippen molar-refractivity contribution in [1.82, 2.24) is 15.2 Å². The molecule has 0 amide bonds. The first-order chi connectivity index (χ1) is 12.4. The van der Waals surface area contributed by atoms with Crippen LogP contribution in [0.3, 0.4) is 0 Å². The maximum Gasteiger partial charge on any atom is 0.417 e. The third-order valence-corrected chi connectivity index (χ3v) is 4.03. The van der Waals surface area contributed by atoms with Gasteiger partial charge in [-0.2, -0.15) is 18.4 Å². The largest absolute Gasteiger partial charge is 0.417 e. The first kappa shape index (κ1) is 17.8. The van der Waals surface area contributed by atoms with Crippen molar-refractivity contribution in [1.29, 1.82) is 5.26 Å². The maximum atomic E-state index is 14.1. The number of anilines is 2. The molecule has 3 heterocycles. The van der Waals surface area contributed by atoms with Crippen molar-refractivity contribution in [3.05, 3.63) is 41.5 Å². The minimum Gasteiger partial charge on any atom is -0.353 e. The number of hydrogen-bond acceptors (Lipinski definition) is 6. The molecular formula is C16H14F4N6. The van der Waals surface area contributed by atoms with E-state index in [0.29, 0.717) is 50.7 Å². The van der Waals surface area contributed by atoms with Gasteiger partial charge in [-0.05, 0) is 24.6 Å². The average molecular weight is 366 g/mol. The van der Waals surface area contributed by atoms with Gasteiger partial charge < -0.3 is 9.80 Å². The molecule has 136 valence electrons. The molecule has 0 saturated carbocycles. The highest BCUT2D eigenvalue weighted by molar-refractivity contribution is 5.44. The highest BCUT2D eigenvalue weighted by Crippen LogP contribution is 2.31. The molecule has 1 fully saturated rings. The molecule has 3 rings (SSSR count). The van der Waals surface area contributed by atoms with Crippen LogP contribution in [0.1, 0.15) is 17.7 Å². The van der Waals surface area contributed by atoms with Crippen LogP contribution in [0.4, 0.5) is 29.2 Å². The molecule has 0 unspecified atom stereocenters. The fraction of sp³-hybridized carbons (Fsp3) is 0.375. The highest BCUT2D eigenvalue weighted by atomic mass is 19.4. The molecule has 0 spiro atoms.